The number of allylic oxidation sites excluding steroid dienone is 1. The van der Waals surface area contributed by atoms with Gasteiger partial charge in [0.05, 0.1) is 10.7 Å². The van der Waals surface area contributed by atoms with E-state index in [9.17, 15) is 13.2 Å². The van der Waals surface area contributed by atoms with Crippen molar-refractivity contribution in [3.8, 4) is 11.5 Å². The molecule has 1 N–H and O–H groups in total. The number of sulfonamides is 1. The van der Waals surface area contributed by atoms with E-state index in [2.05, 4.69) is 4.72 Å². The lowest BCUT2D eigenvalue weighted by molar-refractivity contribution is -0.111. The lowest BCUT2D eigenvalue weighted by Crippen LogP contribution is -2.14. The fraction of sp³-hybridized carbons (Fsp3) is 0.211. The van der Waals surface area contributed by atoms with Gasteiger partial charge < -0.3 is 14.4 Å². The molecule has 0 fully saturated rings. The molecule has 28 heavy (non-hydrogen) atoms. The zero-order valence-corrected chi connectivity index (χ0v) is 17.1. The van der Waals surface area contributed by atoms with Gasteiger partial charge in [0, 0.05) is 31.9 Å². The van der Waals surface area contributed by atoms with E-state index in [4.69, 9.17) is 21.1 Å². The van der Waals surface area contributed by atoms with Crippen molar-refractivity contribution in [3.05, 3.63) is 53.2 Å². The molecule has 0 radical (unpaired) electrons. The molecule has 0 bridgehead atoms. The number of rotatable bonds is 6. The molecule has 0 unspecified atom stereocenters. The maximum atomic E-state index is 12.9. The fourth-order valence-corrected chi connectivity index (χ4v) is 4.25. The number of ether oxygens (including phenoxy) is 2. The highest BCUT2D eigenvalue weighted by atomic mass is 35.5. The number of carbonyl (C=O) groups is 1. The van der Waals surface area contributed by atoms with Crippen molar-refractivity contribution < 1.29 is 22.7 Å². The number of nitrogens with zero attached hydrogens (tertiary/aromatic N) is 1. The molecule has 0 amide bonds. The molecule has 0 spiro atoms. The quantitative estimate of drug-likeness (QED) is 0.718. The van der Waals surface area contributed by atoms with Crippen LogP contribution in [-0.2, 0) is 14.8 Å². The van der Waals surface area contributed by atoms with Crippen LogP contribution in [0.5, 0.6) is 11.5 Å². The molecule has 7 nitrogen and oxygen atoms in total. The van der Waals surface area contributed by atoms with Crippen LogP contribution in [0.3, 0.4) is 0 Å². The molecule has 1 aliphatic rings. The van der Waals surface area contributed by atoms with Crippen LogP contribution in [-0.4, -0.2) is 40.0 Å². The lowest BCUT2D eigenvalue weighted by atomic mass is 10.0. The number of benzene rings is 2. The van der Waals surface area contributed by atoms with Crippen LogP contribution in [0, 0.1) is 0 Å². The Labute approximate surface area is 168 Å². The van der Waals surface area contributed by atoms with Crippen molar-refractivity contribution in [3.63, 3.8) is 0 Å². The van der Waals surface area contributed by atoms with Gasteiger partial charge in [-0.15, -0.1) is 0 Å². The number of anilines is 1. The predicted molar refractivity (Wildman–Crippen MR) is 107 cm³/mol. The first-order valence-corrected chi connectivity index (χ1v) is 10.1. The van der Waals surface area contributed by atoms with E-state index in [0.29, 0.717) is 28.3 Å². The Morgan fingerprint density at radius 1 is 1.14 bits per heavy atom. The fourth-order valence-electron chi connectivity index (χ4n) is 2.67. The molecular formula is C19H19ClN2O5S. The molecule has 1 heterocycles. The summed E-state index contributed by atoms with van der Waals surface area (Å²) in [5.41, 5.74) is 1.14. The zero-order valence-electron chi connectivity index (χ0n) is 15.5. The van der Waals surface area contributed by atoms with E-state index < -0.39 is 10.0 Å². The Bertz CT molecular complexity index is 1060. The second-order valence-electron chi connectivity index (χ2n) is 6.38. The van der Waals surface area contributed by atoms with Crippen molar-refractivity contribution in [1.29, 1.82) is 0 Å². The van der Waals surface area contributed by atoms with Gasteiger partial charge >= 0.3 is 0 Å². The average molecular weight is 423 g/mol. The predicted octanol–water partition coefficient (Wildman–Crippen LogP) is 3.36. The summed E-state index contributed by atoms with van der Waals surface area (Å²) in [6.07, 6.45) is 1.63. The SMILES string of the molecule is CC(=O)/C(=C/N(C)C)c1ccc(Cl)c(S(=O)(=O)Nc2ccc3c(c2)OCO3)c1. The van der Waals surface area contributed by atoms with Crippen LogP contribution in [0.15, 0.2) is 47.5 Å². The van der Waals surface area contributed by atoms with Crippen LogP contribution in [0.4, 0.5) is 5.69 Å². The first-order chi connectivity index (χ1) is 13.2. The van der Waals surface area contributed by atoms with Crippen LogP contribution in [0.2, 0.25) is 5.02 Å². The molecule has 3 rings (SSSR count). The number of hydrogen-bond donors (Lipinski definition) is 1. The molecule has 2 aromatic carbocycles. The molecule has 0 aliphatic carbocycles. The van der Waals surface area contributed by atoms with E-state index in [0.717, 1.165) is 0 Å². The van der Waals surface area contributed by atoms with Crippen molar-refractivity contribution >= 4 is 38.7 Å². The minimum Gasteiger partial charge on any atom is -0.454 e. The third-order valence-corrected chi connectivity index (χ3v) is 5.79. The second kappa shape index (κ2) is 7.73. The zero-order chi connectivity index (χ0) is 20.5. The molecule has 0 saturated carbocycles. The summed E-state index contributed by atoms with van der Waals surface area (Å²) in [7, 11) is -0.451. The normalized spacial score (nSPS) is 13.4. The summed E-state index contributed by atoms with van der Waals surface area (Å²) >= 11 is 6.15. The molecule has 2 aromatic rings. The molecule has 148 valence electrons. The minimum atomic E-state index is -4.00. The van der Waals surface area contributed by atoms with Crippen LogP contribution in [0.1, 0.15) is 12.5 Å². The Morgan fingerprint density at radius 2 is 1.86 bits per heavy atom. The Morgan fingerprint density at radius 3 is 2.54 bits per heavy atom. The van der Waals surface area contributed by atoms with Gasteiger partial charge in [0.1, 0.15) is 4.90 Å². The van der Waals surface area contributed by atoms with Crippen molar-refractivity contribution in [1.82, 2.24) is 4.90 Å². The summed E-state index contributed by atoms with van der Waals surface area (Å²) in [6, 6.07) is 9.16. The first kappa shape index (κ1) is 20.0. The molecule has 0 aromatic heterocycles. The van der Waals surface area contributed by atoms with Crippen LogP contribution in [0.25, 0.3) is 5.57 Å². The first-order valence-electron chi connectivity index (χ1n) is 8.29. The van der Waals surface area contributed by atoms with Crippen molar-refractivity contribution in [2.75, 3.05) is 25.6 Å². The van der Waals surface area contributed by atoms with Crippen LogP contribution >= 0.6 is 11.6 Å². The minimum absolute atomic E-state index is 0.0461. The van der Waals surface area contributed by atoms with Crippen LogP contribution < -0.4 is 14.2 Å². The third kappa shape index (κ3) is 4.23. The highest BCUT2D eigenvalue weighted by molar-refractivity contribution is 7.92. The summed E-state index contributed by atoms with van der Waals surface area (Å²) in [6.45, 7) is 1.51. The second-order valence-corrected chi connectivity index (χ2v) is 8.44. The number of fused-ring (bicyclic) bond motifs is 1. The Kier molecular flexibility index (Phi) is 5.53. The highest BCUT2D eigenvalue weighted by Gasteiger charge is 2.22. The maximum absolute atomic E-state index is 12.9. The van der Waals surface area contributed by atoms with E-state index >= 15 is 0 Å². The average Bonchev–Trinajstić information content (AvgIpc) is 3.07. The van der Waals surface area contributed by atoms with Crippen molar-refractivity contribution in [2.24, 2.45) is 0 Å². The van der Waals surface area contributed by atoms with Gasteiger partial charge in [-0.25, -0.2) is 8.42 Å². The van der Waals surface area contributed by atoms with Gasteiger partial charge in [0.2, 0.25) is 6.79 Å². The molecule has 1 aliphatic heterocycles. The van der Waals surface area contributed by atoms with Gasteiger partial charge in [-0.05, 0) is 36.8 Å². The van der Waals surface area contributed by atoms with Crippen molar-refractivity contribution in [2.45, 2.75) is 11.8 Å². The van der Waals surface area contributed by atoms with Gasteiger partial charge in [0.25, 0.3) is 10.0 Å². The van der Waals surface area contributed by atoms with Gasteiger partial charge in [0.15, 0.2) is 17.3 Å². The van der Waals surface area contributed by atoms with E-state index in [1.54, 1.807) is 43.4 Å². The highest BCUT2D eigenvalue weighted by Crippen LogP contribution is 2.35. The standard InChI is InChI=1S/C19H19ClN2O5S/c1-12(23)15(10-22(2)3)13-4-6-16(20)19(8-13)28(24,25)21-14-5-7-17-18(9-14)27-11-26-17/h4-10,21H,11H2,1-3H3/b15-10-. The molecule has 0 atom stereocenters. The van der Waals surface area contributed by atoms with Gasteiger partial charge in [-0.2, -0.15) is 0 Å². The third-order valence-electron chi connectivity index (χ3n) is 3.92. The number of Topliss-reactive ketones (excluding diaryl/α,β-unsaturated/α-hetero) is 1. The summed E-state index contributed by atoms with van der Waals surface area (Å²) in [5.74, 6) is 0.804. The van der Waals surface area contributed by atoms with E-state index in [1.165, 1.54) is 25.1 Å². The van der Waals surface area contributed by atoms with E-state index in [-0.39, 0.29) is 22.5 Å². The lowest BCUT2D eigenvalue weighted by Gasteiger charge is -2.14. The number of carbonyl (C=O) groups excluding carboxylic acids is 1. The molecular weight excluding hydrogens is 404 g/mol. The van der Waals surface area contributed by atoms with E-state index in [1.807, 2.05) is 0 Å². The van der Waals surface area contributed by atoms with Gasteiger partial charge in [-0.1, -0.05) is 17.7 Å². The monoisotopic (exact) mass is 422 g/mol. The summed E-state index contributed by atoms with van der Waals surface area (Å²) < 4.78 is 38.8. The maximum Gasteiger partial charge on any atom is 0.263 e. The number of halogens is 1. The summed E-state index contributed by atoms with van der Waals surface area (Å²) in [5, 5.41) is 0.0461. The number of ketones is 1. The topological polar surface area (TPSA) is 84.9 Å². The Balaban J connectivity index is 1.98. The smallest absolute Gasteiger partial charge is 0.263 e. The largest absolute Gasteiger partial charge is 0.454 e. The molecule has 0 saturated heterocycles. The Hall–Kier alpha value is -2.71. The summed E-state index contributed by atoms with van der Waals surface area (Å²) in [4.78, 5) is 13.6. The number of nitrogens with one attached hydrogen (secondary N) is 1. The van der Waals surface area contributed by atoms with Gasteiger partial charge in [-0.3, -0.25) is 9.52 Å². The molecule has 9 heteroatoms. The number of hydrogen-bond acceptors (Lipinski definition) is 6.